The number of nitrogens with one attached hydrogen (secondary N) is 2. The van der Waals surface area contributed by atoms with Crippen molar-refractivity contribution in [3.05, 3.63) is 75.1 Å². The smallest absolute Gasteiger partial charge is 0.410 e. The lowest BCUT2D eigenvalue weighted by atomic mass is 10.0. The predicted octanol–water partition coefficient (Wildman–Crippen LogP) is 2.07. The standard InChI is InChI=1S/C20H19FN4O6/c1-12-16(21)7-14(8-17(12)25(29)30)18(26)22-23-19(27)15-9-24(10-15)20(28)31-11-13-5-3-2-4-6-13/h2-8,15H,9-11H2,1H3,(H,22,26)(H,23,27). The van der Waals surface area contributed by atoms with Crippen LogP contribution < -0.4 is 10.9 Å². The van der Waals surface area contributed by atoms with Gasteiger partial charge in [0.2, 0.25) is 5.91 Å². The zero-order valence-electron chi connectivity index (χ0n) is 16.5. The largest absolute Gasteiger partial charge is 0.445 e. The Labute approximate surface area is 176 Å². The second-order valence-corrected chi connectivity index (χ2v) is 6.94. The molecule has 2 aromatic carbocycles. The summed E-state index contributed by atoms with van der Waals surface area (Å²) in [6, 6.07) is 10.9. The molecule has 0 aromatic heterocycles. The van der Waals surface area contributed by atoms with Crippen molar-refractivity contribution in [2.24, 2.45) is 5.92 Å². The summed E-state index contributed by atoms with van der Waals surface area (Å²) in [5.74, 6) is -2.93. The number of hydrazine groups is 1. The molecular formula is C20H19FN4O6. The van der Waals surface area contributed by atoms with Crippen LogP contribution in [-0.4, -0.2) is 40.8 Å². The minimum atomic E-state index is -0.909. The third-order valence-electron chi connectivity index (χ3n) is 4.79. The number of ether oxygens (including phenoxy) is 1. The fourth-order valence-corrected chi connectivity index (χ4v) is 2.88. The summed E-state index contributed by atoms with van der Waals surface area (Å²) >= 11 is 0. The average molecular weight is 430 g/mol. The van der Waals surface area contributed by atoms with E-state index in [1.54, 1.807) is 0 Å². The van der Waals surface area contributed by atoms with Gasteiger partial charge < -0.3 is 9.64 Å². The second kappa shape index (κ2) is 9.20. The summed E-state index contributed by atoms with van der Waals surface area (Å²) in [5.41, 5.74) is 4.05. The molecule has 162 valence electrons. The number of benzene rings is 2. The normalized spacial score (nSPS) is 13.2. The van der Waals surface area contributed by atoms with Gasteiger partial charge in [-0.25, -0.2) is 9.18 Å². The highest BCUT2D eigenvalue weighted by Gasteiger charge is 2.36. The molecule has 0 aliphatic carbocycles. The van der Waals surface area contributed by atoms with E-state index >= 15 is 0 Å². The van der Waals surface area contributed by atoms with E-state index < -0.39 is 40.3 Å². The van der Waals surface area contributed by atoms with Crippen molar-refractivity contribution in [1.82, 2.24) is 15.8 Å². The molecule has 1 aliphatic heterocycles. The number of rotatable bonds is 5. The maximum atomic E-state index is 13.8. The maximum Gasteiger partial charge on any atom is 0.410 e. The lowest BCUT2D eigenvalue weighted by Gasteiger charge is -2.37. The summed E-state index contributed by atoms with van der Waals surface area (Å²) in [5, 5.41) is 11.0. The number of nitrogens with zero attached hydrogens (tertiary/aromatic N) is 2. The van der Waals surface area contributed by atoms with Crippen molar-refractivity contribution in [2.75, 3.05) is 13.1 Å². The van der Waals surface area contributed by atoms with Gasteiger partial charge >= 0.3 is 6.09 Å². The van der Waals surface area contributed by atoms with Gasteiger partial charge in [-0.1, -0.05) is 30.3 Å². The molecule has 0 bridgehead atoms. The highest BCUT2D eigenvalue weighted by Crippen LogP contribution is 2.23. The van der Waals surface area contributed by atoms with Crippen LogP contribution in [0.1, 0.15) is 21.5 Å². The molecule has 10 nitrogen and oxygen atoms in total. The topological polar surface area (TPSA) is 131 Å². The monoisotopic (exact) mass is 430 g/mol. The van der Waals surface area contributed by atoms with Gasteiger partial charge in [0, 0.05) is 19.2 Å². The molecule has 1 fully saturated rings. The van der Waals surface area contributed by atoms with Gasteiger partial charge in [-0.2, -0.15) is 0 Å². The molecule has 0 saturated carbocycles. The molecule has 1 heterocycles. The van der Waals surface area contributed by atoms with Gasteiger partial charge in [0.1, 0.15) is 12.4 Å². The minimum absolute atomic E-state index is 0.111. The van der Waals surface area contributed by atoms with E-state index in [4.69, 9.17) is 4.74 Å². The van der Waals surface area contributed by atoms with Crippen LogP contribution in [-0.2, 0) is 16.1 Å². The molecule has 0 unspecified atom stereocenters. The van der Waals surface area contributed by atoms with Crippen molar-refractivity contribution < 1.29 is 28.4 Å². The number of hydrogen-bond donors (Lipinski definition) is 2. The summed E-state index contributed by atoms with van der Waals surface area (Å²) in [6.45, 7) is 1.56. The Morgan fingerprint density at radius 3 is 2.52 bits per heavy atom. The van der Waals surface area contributed by atoms with E-state index in [9.17, 15) is 28.9 Å². The van der Waals surface area contributed by atoms with E-state index in [2.05, 4.69) is 10.9 Å². The van der Waals surface area contributed by atoms with Crippen molar-refractivity contribution in [1.29, 1.82) is 0 Å². The average Bonchev–Trinajstić information content (AvgIpc) is 2.71. The number of halogens is 1. The molecule has 2 N–H and O–H groups in total. The summed E-state index contributed by atoms with van der Waals surface area (Å²) in [4.78, 5) is 47.7. The zero-order chi connectivity index (χ0) is 22.5. The molecule has 3 amide bonds. The molecule has 0 atom stereocenters. The van der Waals surface area contributed by atoms with Gasteiger partial charge in [0.25, 0.3) is 11.6 Å². The van der Waals surface area contributed by atoms with Crippen molar-refractivity contribution in [3.8, 4) is 0 Å². The van der Waals surface area contributed by atoms with Crippen molar-refractivity contribution in [2.45, 2.75) is 13.5 Å². The van der Waals surface area contributed by atoms with Crippen molar-refractivity contribution >= 4 is 23.6 Å². The maximum absolute atomic E-state index is 13.8. The second-order valence-electron chi connectivity index (χ2n) is 6.94. The Morgan fingerprint density at radius 1 is 1.19 bits per heavy atom. The molecule has 0 radical (unpaired) electrons. The Morgan fingerprint density at radius 2 is 1.87 bits per heavy atom. The number of carbonyl (C=O) groups is 3. The Hall–Kier alpha value is -4.02. The van der Waals surface area contributed by atoms with Crippen LogP contribution in [0.5, 0.6) is 0 Å². The minimum Gasteiger partial charge on any atom is -0.445 e. The lowest BCUT2D eigenvalue weighted by Crippen LogP contribution is -2.58. The fraction of sp³-hybridized carbons (Fsp3) is 0.250. The molecule has 2 aromatic rings. The van der Waals surface area contributed by atoms with E-state index in [1.165, 1.54) is 11.8 Å². The number of carbonyl (C=O) groups excluding carboxylic acids is 3. The van der Waals surface area contributed by atoms with Crippen LogP contribution in [0, 0.1) is 28.8 Å². The molecule has 3 rings (SSSR count). The summed E-state index contributed by atoms with van der Waals surface area (Å²) < 4.78 is 19.0. The van der Waals surface area contributed by atoms with Gasteiger partial charge in [0.15, 0.2) is 0 Å². The highest BCUT2D eigenvalue weighted by atomic mass is 19.1. The van der Waals surface area contributed by atoms with Crippen LogP contribution in [0.3, 0.4) is 0 Å². The van der Waals surface area contributed by atoms with Crippen LogP contribution in [0.15, 0.2) is 42.5 Å². The Bertz CT molecular complexity index is 1020. The number of nitro groups is 1. The third kappa shape index (κ3) is 5.13. The molecule has 0 spiro atoms. The van der Waals surface area contributed by atoms with Crippen LogP contribution in [0.4, 0.5) is 14.9 Å². The first kappa shape index (κ1) is 21.7. The number of hydrogen-bond acceptors (Lipinski definition) is 6. The van der Waals surface area contributed by atoms with Crippen LogP contribution in [0.2, 0.25) is 0 Å². The van der Waals surface area contributed by atoms with Gasteiger partial charge in [0.05, 0.1) is 22.0 Å². The molecule has 1 aliphatic rings. The van der Waals surface area contributed by atoms with Crippen LogP contribution >= 0.6 is 0 Å². The summed E-state index contributed by atoms with van der Waals surface area (Å²) in [6.07, 6.45) is -0.556. The van der Waals surface area contributed by atoms with E-state index in [0.717, 1.165) is 17.7 Å². The molecule has 1 saturated heterocycles. The molecule has 11 heteroatoms. The third-order valence-corrected chi connectivity index (χ3v) is 4.79. The SMILES string of the molecule is Cc1c(F)cc(C(=O)NNC(=O)C2CN(C(=O)OCc3ccccc3)C2)cc1[N+](=O)[O-]. The quantitative estimate of drug-likeness (QED) is 0.552. The highest BCUT2D eigenvalue weighted by molar-refractivity contribution is 5.96. The first-order valence-corrected chi connectivity index (χ1v) is 9.26. The van der Waals surface area contributed by atoms with E-state index in [-0.39, 0.29) is 30.8 Å². The number of likely N-dealkylation sites (tertiary alicyclic amines) is 1. The first-order chi connectivity index (χ1) is 14.8. The molecular weight excluding hydrogens is 411 g/mol. The van der Waals surface area contributed by atoms with Gasteiger partial charge in [-0.15, -0.1) is 0 Å². The Kier molecular flexibility index (Phi) is 6.43. The van der Waals surface area contributed by atoms with Crippen molar-refractivity contribution in [3.63, 3.8) is 0 Å². The number of nitro benzene ring substituents is 1. The van der Waals surface area contributed by atoms with E-state index in [0.29, 0.717) is 0 Å². The van der Waals surface area contributed by atoms with Gasteiger partial charge in [-0.3, -0.25) is 30.6 Å². The fourth-order valence-electron chi connectivity index (χ4n) is 2.88. The van der Waals surface area contributed by atoms with E-state index in [1.807, 2.05) is 30.3 Å². The number of amides is 3. The van der Waals surface area contributed by atoms with Crippen LogP contribution in [0.25, 0.3) is 0 Å². The van der Waals surface area contributed by atoms with Gasteiger partial charge in [-0.05, 0) is 18.6 Å². The Balaban J connectivity index is 1.45. The summed E-state index contributed by atoms with van der Waals surface area (Å²) in [7, 11) is 0. The predicted molar refractivity (Wildman–Crippen MR) is 105 cm³/mol. The zero-order valence-corrected chi connectivity index (χ0v) is 16.5. The lowest BCUT2D eigenvalue weighted by molar-refractivity contribution is -0.385. The first-order valence-electron chi connectivity index (χ1n) is 9.26. The molecule has 31 heavy (non-hydrogen) atoms.